The molecule has 2 rings (SSSR count). The van der Waals surface area contributed by atoms with Gasteiger partial charge in [-0.2, -0.15) is 0 Å². The molecule has 0 amide bonds. The second kappa shape index (κ2) is 5.41. The first-order valence-corrected chi connectivity index (χ1v) is 7.08. The molecule has 0 spiro atoms. The number of hydrogen-bond acceptors (Lipinski definition) is 1. The van der Waals surface area contributed by atoms with Crippen molar-refractivity contribution in [3.05, 3.63) is 67.8 Å². The molecule has 0 aliphatic rings. The smallest absolute Gasteiger partial charge is 0.105 e. The van der Waals surface area contributed by atoms with E-state index < -0.39 is 6.10 Å². The fourth-order valence-electron chi connectivity index (χ4n) is 2.43. The molecule has 1 unspecified atom stereocenters. The van der Waals surface area contributed by atoms with E-state index >= 15 is 0 Å². The van der Waals surface area contributed by atoms with Gasteiger partial charge in [-0.1, -0.05) is 29.8 Å². The van der Waals surface area contributed by atoms with E-state index in [1.165, 1.54) is 9.13 Å². The van der Waals surface area contributed by atoms with Gasteiger partial charge in [0, 0.05) is 3.57 Å². The maximum absolute atomic E-state index is 10.5. The van der Waals surface area contributed by atoms with Crippen LogP contribution >= 0.6 is 22.6 Å². The molecule has 18 heavy (non-hydrogen) atoms. The minimum Gasteiger partial charge on any atom is -0.384 e. The van der Waals surface area contributed by atoms with Gasteiger partial charge in [0.25, 0.3) is 0 Å². The molecule has 0 aliphatic heterocycles. The summed E-state index contributed by atoms with van der Waals surface area (Å²) in [6.07, 6.45) is -0.539. The maximum atomic E-state index is 10.5. The maximum Gasteiger partial charge on any atom is 0.105 e. The number of rotatable bonds is 2. The van der Waals surface area contributed by atoms with Crippen molar-refractivity contribution in [2.75, 3.05) is 0 Å². The SMILES string of the molecule is Cc1cc(C)c(C(O)c2ccc(I)cc2)c(C)c1. The van der Waals surface area contributed by atoms with Crippen LogP contribution in [0.2, 0.25) is 0 Å². The first-order chi connectivity index (χ1) is 8.49. The lowest BCUT2D eigenvalue weighted by molar-refractivity contribution is 0.218. The Morgan fingerprint density at radius 1 is 0.944 bits per heavy atom. The van der Waals surface area contributed by atoms with E-state index in [2.05, 4.69) is 55.5 Å². The molecule has 2 aromatic rings. The van der Waals surface area contributed by atoms with Gasteiger partial charge < -0.3 is 5.11 Å². The highest BCUT2D eigenvalue weighted by Gasteiger charge is 2.15. The summed E-state index contributed by atoms with van der Waals surface area (Å²) in [6.45, 7) is 6.21. The van der Waals surface area contributed by atoms with Crippen LogP contribution in [0.3, 0.4) is 0 Å². The predicted molar refractivity (Wildman–Crippen MR) is 83.9 cm³/mol. The van der Waals surface area contributed by atoms with Crippen molar-refractivity contribution in [1.82, 2.24) is 0 Å². The van der Waals surface area contributed by atoms with Crippen molar-refractivity contribution in [2.45, 2.75) is 26.9 Å². The van der Waals surface area contributed by atoms with Crippen LogP contribution in [0.25, 0.3) is 0 Å². The summed E-state index contributed by atoms with van der Waals surface area (Å²) in [5, 5.41) is 10.5. The molecule has 1 N–H and O–H groups in total. The van der Waals surface area contributed by atoms with Crippen molar-refractivity contribution in [1.29, 1.82) is 0 Å². The second-order valence-electron chi connectivity index (χ2n) is 4.77. The highest BCUT2D eigenvalue weighted by Crippen LogP contribution is 2.28. The number of hydrogen-bond donors (Lipinski definition) is 1. The highest BCUT2D eigenvalue weighted by atomic mass is 127. The average Bonchev–Trinajstić information content (AvgIpc) is 2.28. The average molecular weight is 352 g/mol. The Balaban J connectivity index is 2.46. The Morgan fingerprint density at radius 3 is 1.94 bits per heavy atom. The van der Waals surface area contributed by atoms with Gasteiger partial charge in [0.15, 0.2) is 0 Å². The molecule has 94 valence electrons. The van der Waals surface area contributed by atoms with E-state index in [0.717, 1.165) is 22.3 Å². The summed E-state index contributed by atoms with van der Waals surface area (Å²) in [5.41, 5.74) is 5.52. The summed E-state index contributed by atoms with van der Waals surface area (Å²) in [4.78, 5) is 0. The standard InChI is InChI=1S/C16H17IO/c1-10-8-11(2)15(12(3)9-10)16(18)13-4-6-14(17)7-5-13/h4-9,16,18H,1-3H3. The van der Waals surface area contributed by atoms with Gasteiger partial charge in [0.1, 0.15) is 6.10 Å². The van der Waals surface area contributed by atoms with Gasteiger partial charge in [0.05, 0.1) is 0 Å². The van der Waals surface area contributed by atoms with Crippen LogP contribution in [0, 0.1) is 24.3 Å². The number of aliphatic hydroxyl groups is 1. The predicted octanol–water partition coefficient (Wildman–Crippen LogP) is 4.30. The van der Waals surface area contributed by atoms with Crippen LogP contribution in [0.15, 0.2) is 36.4 Å². The van der Waals surface area contributed by atoms with Gasteiger partial charge in [-0.05, 0) is 77.7 Å². The zero-order valence-electron chi connectivity index (χ0n) is 10.9. The van der Waals surface area contributed by atoms with Crippen LogP contribution in [0.1, 0.15) is 33.9 Å². The normalized spacial score (nSPS) is 12.5. The second-order valence-corrected chi connectivity index (χ2v) is 6.01. The van der Waals surface area contributed by atoms with E-state index in [1.54, 1.807) is 0 Å². The third-order valence-corrected chi connectivity index (χ3v) is 3.92. The molecule has 0 aliphatic carbocycles. The van der Waals surface area contributed by atoms with Crippen molar-refractivity contribution >= 4 is 22.6 Å². The fraction of sp³-hybridized carbons (Fsp3) is 0.250. The van der Waals surface area contributed by atoms with Crippen molar-refractivity contribution in [3.63, 3.8) is 0 Å². The summed E-state index contributed by atoms with van der Waals surface area (Å²) in [7, 11) is 0. The molecular weight excluding hydrogens is 335 g/mol. The first-order valence-electron chi connectivity index (χ1n) is 6.00. The molecular formula is C16H17IO. The Morgan fingerprint density at radius 2 is 1.44 bits per heavy atom. The molecule has 0 saturated carbocycles. The largest absolute Gasteiger partial charge is 0.384 e. The summed E-state index contributed by atoms with van der Waals surface area (Å²) >= 11 is 2.27. The zero-order valence-corrected chi connectivity index (χ0v) is 13.0. The molecule has 0 heterocycles. The Hall–Kier alpha value is -0.870. The summed E-state index contributed by atoms with van der Waals surface area (Å²) in [6, 6.07) is 12.3. The Labute approximate surface area is 122 Å². The molecule has 0 radical (unpaired) electrons. The number of aryl methyl sites for hydroxylation is 3. The zero-order chi connectivity index (χ0) is 13.3. The number of benzene rings is 2. The van der Waals surface area contributed by atoms with Crippen LogP contribution in [-0.4, -0.2) is 5.11 Å². The summed E-state index contributed by atoms with van der Waals surface area (Å²) < 4.78 is 1.18. The molecule has 2 aromatic carbocycles. The molecule has 1 nitrogen and oxygen atoms in total. The van der Waals surface area contributed by atoms with Crippen molar-refractivity contribution < 1.29 is 5.11 Å². The van der Waals surface area contributed by atoms with Crippen LogP contribution in [0.5, 0.6) is 0 Å². The van der Waals surface area contributed by atoms with E-state index in [0.29, 0.717) is 0 Å². The van der Waals surface area contributed by atoms with Crippen molar-refractivity contribution in [3.8, 4) is 0 Å². The molecule has 0 bridgehead atoms. The van der Waals surface area contributed by atoms with Crippen LogP contribution in [0.4, 0.5) is 0 Å². The van der Waals surface area contributed by atoms with Gasteiger partial charge >= 0.3 is 0 Å². The molecule has 0 saturated heterocycles. The molecule has 1 atom stereocenters. The Bertz CT molecular complexity index is 535. The van der Waals surface area contributed by atoms with Crippen LogP contribution in [-0.2, 0) is 0 Å². The van der Waals surface area contributed by atoms with Gasteiger partial charge in [0.2, 0.25) is 0 Å². The molecule has 2 heteroatoms. The van der Waals surface area contributed by atoms with Gasteiger partial charge in [-0.15, -0.1) is 0 Å². The van der Waals surface area contributed by atoms with Crippen molar-refractivity contribution in [2.24, 2.45) is 0 Å². The lowest BCUT2D eigenvalue weighted by Crippen LogP contribution is -2.05. The Kier molecular flexibility index (Phi) is 4.07. The lowest BCUT2D eigenvalue weighted by Gasteiger charge is -2.18. The highest BCUT2D eigenvalue weighted by molar-refractivity contribution is 14.1. The fourth-order valence-corrected chi connectivity index (χ4v) is 2.79. The van der Waals surface area contributed by atoms with Gasteiger partial charge in [-0.3, -0.25) is 0 Å². The lowest BCUT2D eigenvalue weighted by atomic mass is 9.92. The van der Waals surface area contributed by atoms with Gasteiger partial charge in [-0.25, -0.2) is 0 Å². The quantitative estimate of drug-likeness (QED) is 0.799. The topological polar surface area (TPSA) is 20.2 Å². The third kappa shape index (κ3) is 2.75. The van der Waals surface area contributed by atoms with E-state index in [4.69, 9.17) is 0 Å². The monoisotopic (exact) mass is 352 g/mol. The molecule has 0 aromatic heterocycles. The van der Waals surface area contributed by atoms with E-state index in [1.807, 2.05) is 24.3 Å². The first kappa shape index (κ1) is 13.6. The number of aliphatic hydroxyl groups excluding tert-OH is 1. The summed E-state index contributed by atoms with van der Waals surface area (Å²) in [5.74, 6) is 0. The van der Waals surface area contributed by atoms with E-state index in [-0.39, 0.29) is 0 Å². The minimum atomic E-state index is -0.539. The van der Waals surface area contributed by atoms with E-state index in [9.17, 15) is 5.11 Å². The third-order valence-electron chi connectivity index (χ3n) is 3.20. The van der Waals surface area contributed by atoms with Crippen LogP contribution < -0.4 is 0 Å². The minimum absolute atomic E-state index is 0.539. The number of halogens is 1. The molecule has 0 fully saturated rings.